The Balaban J connectivity index is 2.31. The Morgan fingerprint density at radius 2 is 1.60 bits per heavy atom. The van der Waals surface area contributed by atoms with Gasteiger partial charge in [0.05, 0.1) is 18.8 Å². The van der Waals surface area contributed by atoms with Crippen LogP contribution in [0.2, 0.25) is 0 Å². The fourth-order valence-corrected chi connectivity index (χ4v) is 1.80. The van der Waals surface area contributed by atoms with Gasteiger partial charge in [0, 0.05) is 11.1 Å². The van der Waals surface area contributed by atoms with Gasteiger partial charge in [0.15, 0.2) is 0 Å². The van der Waals surface area contributed by atoms with Crippen LogP contribution in [0.4, 0.5) is 5.69 Å². The van der Waals surface area contributed by atoms with Crippen LogP contribution in [0.3, 0.4) is 0 Å². The number of hydrogen-bond acceptors (Lipinski definition) is 4. The molecule has 1 N–H and O–H groups in total. The molecule has 0 spiro atoms. The first-order valence-electron chi connectivity index (χ1n) is 5.88. The maximum Gasteiger partial charge on any atom is 0.256 e. The van der Waals surface area contributed by atoms with Crippen LogP contribution in [0.25, 0.3) is 0 Å². The van der Waals surface area contributed by atoms with Crippen LogP contribution < -0.4 is 15.2 Å². The minimum atomic E-state index is -1.39. The first kappa shape index (κ1) is 13.6. The summed E-state index contributed by atoms with van der Waals surface area (Å²) in [5, 5.41) is 13.6. The summed E-state index contributed by atoms with van der Waals surface area (Å²) in [6.45, 7) is 0. The lowest BCUT2D eigenvalue weighted by molar-refractivity contribution is -0.255. The van der Waals surface area contributed by atoms with Crippen LogP contribution in [0.1, 0.15) is 20.7 Å². The van der Waals surface area contributed by atoms with Crippen molar-refractivity contribution >= 4 is 17.6 Å². The maximum absolute atomic E-state index is 12.1. The van der Waals surface area contributed by atoms with Gasteiger partial charge in [-0.05, 0) is 18.2 Å². The summed E-state index contributed by atoms with van der Waals surface area (Å²) in [5.74, 6) is -1.43. The molecule has 0 bridgehead atoms. The number of carboxylic acid groups (broad SMARTS) is 1. The predicted octanol–water partition coefficient (Wildman–Crippen LogP) is 1.31. The van der Waals surface area contributed by atoms with Crippen molar-refractivity contribution < 1.29 is 19.4 Å². The second kappa shape index (κ2) is 5.88. The highest BCUT2D eigenvalue weighted by atomic mass is 16.5. The predicted molar refractivity (Wildman–Crippen MR) is 71.7 cm³/mol. The van der Waals surface area contributed by atoms with Crippen molar-refractivity contribution in [3.8, 4) is 5.75 Å². The Morgan fingerprint density at radius 1 is 1.00 bits per heavy atom. The van der Waals surface area contributed by atoms with E-state index < -0.39 is 11.9 Å². The van der Waals surface area contributed by atoms with Crippen molar-refractivity contribution in [2.75, 3.05) is 12.4 Å². The van der Waals surface area contributed by atoms with Gasteiger partial charge < -0.3 is 20.0 Å². The minimum absolute atomic E-state index is 0.0402. The summed E-state index contributed by atoms with van der Waals surface area (Å²) >= 11 is 0. The van der Waals surface area contributed by atoms with Crippen LogP contribution in [-0.4, -0.2) is 19.0 Å². The number of carbonyl (C=O) groups is 2. The van der Waals surface area contributed by atoms with Crippen molar-refractivity contribution in [2.45, 2.75) is 0 Å². The van der Waals surface area contributed by atoms with E-state index in [1.54, 1.807) is 30.3 Å². The first-order valence-corrected chi connectivity index (χ1v) is 5.88. The van der Waals surface area contributed by atoms with Crippen LogP contribution in [0.15, 0.2) is 48.5 Å². The number of nitrogens with one attached hydrogen (secondary N) is 1. The van der Waals surface area contributed by atoms with Gasteiger partial charge in [0.1, 0.15) is 5.75 Å². The van der Waals surface area contributed by atoms with Gasteiger partial charge in [-0.1, -0.05) is 30.3 Å². The summed E-state index contributed by atoms with van der Waals surface area (Å²) in [5.41, 5.74) is 0.353. The number of methoxy groups -OCH3 is 1. The summed E-state index contributed by atoms with van der Waals surface area (Å²) in [4.78, 5) is 23.1. The van der Waals surface area contributed by atoms with Crippen LogP contribution in [0, 0.1) is 0 Å². The van der Waals surface area contributed by atoms with E-state index in [0.717, 1.165) is 0 Å². The molecule has 2 aromatic carbocycles. The molecule has 0 aliphatic heterocycles. The molecule has 0 aromatic heterocycles. The number of ether oxygens (including phenoxy) is 1. The lowest BCUT2D eigenvalue weighted by Gasteiger charge is -2.12. The van der Waals surface area contributed by atoms with E-state index in [1.165, 1.54) is 25.3 Å². The number of benzene rings is 2. The van der Waals surface area contributed by atoms with Crippen molar-refractivity contribution in [3.05, 3.63) is 59.7 Å². The molecule has 102 valence electrons. The third-order valence-corrected chi connectivity index (χ3v) is 2.75. The quantitative estimate of drug-likeness (QED) is 0.908. The zero-order valence-electron chi connectivity index (χ0n) is 10.8. The molecule has 0 heterocycles. The lowest BCUT2D eigenvalue weighted by Crippen LogP contribution is -2.26. The second-order valence-electron chi connectivity index (χ2n) is 3.99. The zero-order valence-corrected chi connectivity index (χ0v) is 10.8. The van der Waals surface area contributed by atoms with E-state index in [-0.39, 0.29) is 11.1 Å². The Morgan fingerprint density at radius 3 is 2.25 bits per heavy atom. The molecular formula is C15H12NO4-. The normalized spacial score (nSPS) is 9.85. The lowest BCUT2D eigenvalue weighted by atomic mass is 10.1. The zero-order chi connectivity index (χ0) is 14.5. The highest BCUT2D eigenvalue weighted by molar-refractivity contribution is 6.10. The van der Waals surface area contributed by atoms with Crippen molar-refractivity contribution in [1.82, 2.24) is 0 Å². The van der Waals surface area contributed by atoms with Crippen LogP contribution in [0.5, 0.6) is 5.75 Å². The molecule has 0 fully saturated rings. The van der Waals surface area contributed by atoms with E-state index in [1.807, 2.05) is 0 Å². The van der Waals surface area contributed by atoms with Gasteiger partial charge in [-0.15, -0.1) is 0 Å². The van der Waals surface area contributed by atoms with E-state index in [9.17, 15) is 14.7 Å². The smallest absolute Gasteiger partial charge is 0.256 e. The van der Waals surface area contributed by atoms with Crippen molar-refractivity contribution in [3.63, 3.8) is 0 Å². The molecule has 5 nitrogen and oxygen atoms in total. The largest absolute Gasteiger partial charge is 0.545 e. The Hall–Kier alpha value is -2.82. The topological polar surface area (TPSA) is 78.5 Å². The highest BCUT2D eigenvalue weighted by Crippen LogP contribution is 2.24. The number of amides is 1. The van der Waals surface area contributed by atoms with Gasteiger partial charge in [0.2, 0.25) is 0 Å². The number of rotatable bonds is 4. The van der Waals surface area contributed by atoms with Gasteiger partial charge in [0.25, 0.3) is 5.91 Å². The van der Waals surface area contributed by atoms with Crippen molar-refractivity contribution in [2.24, 2.45) is 0 Å². The molecule has 0 radical (unpaired) electrons. The molecule has 20 heavy (non-hydrogen) atoms. The molecule has 0 unspecified atom stereocenters. The van der Waals surface area contributed by atoms with E-state index in [2.05, 4.69) is 5.32 Å². The van der Waals surface area contributed by atoms with E-state index in [0.29, 0.717) is 11.4 Å². The molecule has 0 saturated heterocycles. The fraction of sp³-hybridized carbons (Fsp3) is 0.0667. The molecule has 0 aliphatic rings. The average molecular weight is 270 g/mol. The molecule has 1 amide bonds. The molecule has 2 aromatic rings. The second-order valence-corrected chi connectivity index (χ2v) is 3.99. The van der Waals surface area contributed by atoms with E-state index in [4.69, 9.17) is 4.74 Å². The monoisotopic (exact) mass is 270 g/mol. The Kier molecular flexibility index (Phi) is 4.00. The Bertz CT molecular complexity index is 652. The molecule has 0 atom stereocenters. The minimum Gasteiger partial charge on any atom is -0.545 e. The number of aromatic carboxylic acids is 1. The van der Waals surface area contributed by atoms with Crippen LogP contribution >= 0.6 is 0 Å². The SMILES string of the molecule is COc1ccccc1NC(=O)c1ccccc1C(=O)[O-]. The molecule has 0 saturated carbocycles. The number of carboxylic acids is 1. The first-order chi connectivity index (χ1) is 9.63. The van der Waals surface area contributed by atoms with Gasteiger partial charge in [-0.2, -0.15) is 0 Å². The third kappa shape index (κ3) is 2.77. The molecule has 2 rings (SSSR count). The average Bonchev–Trinajstić information content (AvgIpc) is 2.47. The van der Waals surface area contributed by atoms with Gasteiger partial charge in [-0.3, -0.25) is 4.79 Å². The third-order valence-electron chi connectivity index (χ3n) is 2.75. The fourth-order valence-electron chi connectivity index (χ4n) is 1.80. The molecule has 5 heteroatoms. The van der Waals surface area contributed by atoms with Gasteiger partial charge in [-0.25, -0.2) is 0 Å². The number of para-hydroxylation sites is 2. The molecular weight excluding hydrogens is 258 g/mol. The number of hydrogen-bond donors (Lipinski definition) is 1. The summed E-state index contributed by atoms with van der Waals surface area (Å²) in [7, 11) is 1.49. The van der Waals surface area contributed by atoms with Gasteiger partial charge >= 0.3 is 0 Å². The maximum atomic E-state index is 12.1. The number of anilines is 1. The summed E-state index contributed by atoms with van der Waals surface area (Å²) < 4.78 is 5.12. The highest BCUT2D eigenvalue weighted by Gasteiger charge is 2.13. The van der Waals surface area contributed by atoms with Crippen molar-refractivity contribution in [1.29, 1.82) is 0 Å². The standard InChI is InChI=1S/C15H13NO4/c1-20-13-9-5-4-8-12(13)16-14(17)10-6-2-3-7-11(10)15(18)19/h2-9H,1H3,(H,16,17)(H,18,19)/p-1. The summed E-state index contributed by atoms with van der Waals surface area (Å²) in [6, 6.07) is 12.7. The van der Waals surface area contributed by atoms with E-state index >= 15 is 0 Å². The Labute approximate surface area is 115 Å². The number of carbonyl (C=O) groups excluding carboxylic acids is 2. The van der Waals surface area contributed by atoms with Crippen LogP contribution in [-0.2, 0) is 0 Å². The molecule has 0 aliphatic carbocycles. The summed E-state index contributed by atoms with van der Waals surface area (Å²) in [6.07, 6.45) is 0.